The Morgan fingerprint density at radius 1 is 1.07 bits per heavy atom. The minimum atomic E-state index is -0.653. The van der Waals surface area contributed by atoms with E-state index in [9.17, 15) is 14.7 Å². The molecule has 1 atom stereocenters. The predicted octanol–water partition coefficient (Wildman–Crippen LogP) is 3.45. The minimum Gasteiger partial charge on any atom is -0.507 e. The molecule has 140 valence electrons. The lowest BCUT2D eigenvalue weighted by Gasteiger charge is -2.25. The maximum atomic E-state index is 12.8. The molecule has 0 radical (unpaired) electrons. The monoisotopic (exact) mass is 365 g/mol. The van der Waals surface area contributed by atoms with Gasteiger partial charge in [-0.25, -0.2) is 0 Å². The van der Waals surface area contributed by atoms with Crippen LogP contribution in [0.1, 0.15) is 29.2 Å². The molecule has 5 heteroatoms. The molecule has 1 heterocycles. The summed E-state index contributed by atoms with van der Waals surface area (Å²) in [7, 11) is 1.60. The number of carbonyl (C=O) groups excluding carboxylic acids is 2. The van der Waals surface area contributed by atoms with Crippen molar-refractivity contribution in [3.05, 3.63) is 76.9 Å². The van der Waals surface area contributed by atoms with Crippen LogP contribution in [-0.4, -0.2) is 42.0 Å². The van der Waals surface area contributed by atoms with E-state index in [1.54, 1.807) is 31.4 Å². The smallest absolute Gasteiger partial charge is 0.295 e. The van der Waals surface area contributed by atoms with Crippen LogP contribution < -0.4 is 0 Å². The number of benzene rings is 2. The summed E-state index contributed by atoms with van der Waals surface area (Å²) in [4.78, 5) is 27.0. The highest BCUT2D eigenvalue weighted by molar-refractivity contribution is 6.46. The molecule has 0 aliphatic carbocycles. The van der Waals surface area contributed by atoms with Gasteiger partial charge in [-0.3, -0.25) is 9.59 Å². The second kappa shape index (κ2) is 8.18. The Kier molecular flexibility index (Phi) is 5.72. The Hall–Kier alpha value is -2.92. The van der Waals surface area contributed by atoms with Crippen molar-refractivity contribution < 1.29 is 19.4 Å². The number of amides is 1. The van der Waals surface area contributed by atoms with Crippen molar-refractivity contribution in [2.75, 3.05) is 20.3 Å². The van der Waals surface area contributed by atoms with Gasteiger partial charge in [0.25, 0.3) is 11.7 Å². The third kappa shape index (κ3) is 3.78. The summed E-state index contributed by atoms with van der Waals surface area (Å²) in [6.45, 7) is 2.84. The fraction of sp³-hybridized carbons (Fsp3) is 0.273. The molecule has 1 N–H and O–H groups in total. The van der Waals surface area contributed by atoms with Gasteiger partial charge >= 0.3 is 0 Å². The van der Waals surface area contributed by atoms with Gasteiger partial charge in [0.2, 0.25) is 0 Å². The van der Waals surface area contributed by atoms with Crippen molar-refractivity contribution in [1.82, 2.24) is 4.90 Å². The zero-order valence-electron chi connectivity index (χ0n) is 15.5. The number of aliphatic hydroxyl groups excluding tert-OH is 1. The van der Waals surface area contributed by atoms with Crippen LogP contribution in [0.4, 0.5) is 0 Å². The van der Waals surface area contributed by atoms with Crippen molar-refractivity contribution >= 4 is 17.4 Å². The van der Waals surface area contributed by atoms with E-state index < -0.39 is 17.7 Å². The zero-order chi connectivity index (χ0) is 19.4. The third-order valence-electron chi connectivity index (χ3n) is 4.73. The number of hydrogen-bond donors (Lipinski definition) is 1. The molecule has 2 aromatic rings. The number of aryl methyl sites for hydroxylation is 1. The number of hydrogen-bond acceptors (Lipinski definition) is 4. The topological polar surface area (TPSA) is 66.8 Å². The summed E-state index contributed by atoms with van der Waals surface area (Å²) in [6, 6.07) is 15.9. The van der Waals surface area contributed by atoms with Gasteiger partial charge in [-0.2, -0.15) is 0 Å². The Bertz CT molecular complexity index is 856. The lowest BCUT2D eigenvalue weighted by atomic mass is 9.94. The predicted molar refractivity (Wildman–Crippen MR) is 103 cm³/mol. The SMILES string of the molecule is COCCCN1C(=O)C(=O)/C(=C(/O)c2ccccc2)[C@H]1c1ccc(C)cc1. The van der Waals surface area contributed by atoms with Crippen molar-refractivity contribution in [2.24, 2.45) is 0 Å². The van der Waals surface area contributed by atoms with E-state index in [0.717, 1.165) is 11.1 Å². The molecule has 5 nitrogen and oxygen atoms in total. The Balaban J connectivity index is 2.10. The summed E-state index contributed by atoms with van der Waals surface area (Å²) < 4.78 is 5.08. The van der Waals surface area contributed by atoms with Crippen molar-refractivity contribution in [2.45, 2.75) is 19.4 Å². The number of carbonyl (C=O) groups is 2. The van der Waals surface area contributed by atoms with Crippen LogP contribution in [0.2, 0.25) is 0 Å². The van der Waals surface area contributed by atoms with E-state index in [4.69, 9.17) is 4.74 Å². The van der Waals surface area contributed by atoms with E-state index in [1.165, 1.54) is 4.90 Å². The van der Waals surface area contributed by atoms with E-state index in [-0.39, 0.29) is 11.3 Å². The molecule has 0 saturated carbocycles. The van der Waals surface area contributed by atoms with Crippen molar-refractivity contribution in [3.63, 3.8) is 0 Å². The van der Waals surface area contributed by atoms with Gasteiger partial charge in [0.1, 0.15) is 5.76 Å². The highest BCUT2D eigenvalue weighted by Gasteiger charge is 2.45. The van der Waals surface area contributed by atoms with Gasteiger partial charge in [0.05, 0.1) is 11.6 Å². The van der Waals surface area contributed by atoms with Crippen LogP contribution in [-0.2, 0) is 14.3 Å². The van der Waals surface area contributed by atoms with Crippen molar-refractivity contribution in [1.29, 1.82) is 0 Å². The number of methoxy groups -OCH3 is 1. The first-order chi connectivity index (χ1) is 13.0. The molecule has 2 aromatic carbocycles. The molecule has 0 bridgehead atoms. The number of aliphatic hydroxyl groups is 1. The fourth-order valence-corrected chi connectivity index (χ4v) is 3.34. The molecule has 1 saturated heterocycles. The number of Topliss-reactive ketones (excluding diaryl/α,β-unsaturated/α-hetero) is 1. The minimum absolute atomic E-state index is 0.132. The Morgan fingerprint density at radius 2 is 1.74 bits per heavy atom. The van der Waals surface area contributed by atoms with Gasteiger partial charge < -0.3 is 14.7 Å². The number of ether oxygens (including phenoxy) is 1. The molecule has 1 aliphatic heterocycles. The highest BCUT2D eigenvalue weighted by atomic mass is 16.5. The fourth-order valence-electron chi connectivity index (χ4n) is 3.34. The number of rotatable bonds is 6. The first-order valence-corrected chi connectivity index (χ1v) is 8.94. The van der Waals surface area contributed by atoms with E-state index in [2.05, 4.69) is 0 Å². The van der Waals surface area contributed by atoms with E-state index in [1.807, 2.05) is 37.3 Å². The molecular formula is C22H23NO4. The normalized spacial score (nSPS) is 18.9. The average molecular weight is 365 g/mol. The molecule has 0 aromatic heterocycles. The van der Waals surface area contributed by atoms with Crippen LogP contribution in [0, 0.1) is 6.92 Å². The molecular weight excluding hydrogens is 342 g/mol. The Morgan fingerprint density at radius 3 is 2.37 bits per heavy atom. The standard InChI is InChI=1S/C22H23NO4/c1-15-9-11-16(12-10-15)19-18(20(24)17-7-4-3-5-8-17)21(25)22(26)23(19)13-6-14-27-2/h3-5,7-12,19,24H,6,13-14H2,1-2H3/b20-18+/t19-/m1/s1. The van der Waals surface area contributed by atoms with Crippen LogP contribution >= 0.6 is 0 Å². The van der Waals surface area contributed by atoms with Gasteiger partial charge in [0, 0.05) is 25.8 Å². The summed E-state index contributed by atoms with van der Waals surface area (Å²) in [6.07, 6.45) is 0.608. The lowest BCUT2D eigenvalue weighted by molar-refractivity contribution is -0.140. The molecule has 1 fully saturated rings. The molecule has 0 spiro atoms. The van der Waals surface area contributed by atoms with E-state index in [0.29, 0.717) is 25.1 Å². The van der Waals surface area contributed by atoms with E-state index >= 15 is 0 Å². The maximum Gasteiger partial charge on any atom is 0.295 e. The number of ketones is 1. The van der Waals surface area contributed by atoms with Gasteiger partial charge in [0.15, 0.2) is 0 Å². The summed E-state index contributed by atoms with van der Waals surface area (Å²) in [5.41, 5.74) is 2.53. The molecule has 27 heavy (non-hydrogen) atoms. The van der Waals surface area contributed by atoms with Crippen LogP contribution in [0.15, 0.2) is 60.2 Å². The van der Waals surface area contributed by atoms with Gasteiger partial charge in [-0.1, -0.05) is 60.2 Å². The molecule has 1 aliphatic rings. The summed E-state index contributed by atoms with van der Waals surface area (Å²) in [5.74, 6) is -1.39. The highest BCUT2D eigenvalue weighted by Crippen LogP contribution is 2.39. The van der Waals surface area contributed by atoms with Crippen LogP contribution in [0.25, 0.3) is 5.76 Å². The molecule has 1 amide bonds. The second-order valence-corrected chi connectivity index (χ2v) is 6.62. The van der Waals surface area contributed by atoms with Crippen molar-refractivity contribution in [3.8, 4) is 0 Å². The first kappa shape index (κ1) is 18.9. The largest absolute Gasteiger partial charge is 0.507 e. The number of nitrogens with zero attached hydrogens (tertiary/aromatic N) is 1. The van der Waals surface area contributed by atoms with Gasteiger partial charge in [-0.15, -0.1) is 0 Å². The lowest BCUT2D eigenvalue weighted by Crippen LogP contribution is -2.31. The Labute approximate surface area is 158 Å². The summed E-state index contributed by atoms with van der Waals surface area (Å²) >= 11 is 0. The average Bonchev–Trinajstić information content (AvgIpc) is 2.94. The molecule has 3 rings (SSSR count). The van der Waals surface area contributed by atoms with Gasteiger partial charge in [-0.05, 0) is 18.9 Å². The van der Waals surface area contributed by atoms with Crippen LogP contribution in [0.3, 0.4) is 0 Å². The summed E-state index contributed by atoms with van der Waals surface area (Å²) in [5, 5.41) is 10.8. The molecule has 0 unspecified atom stereocenters. The first-order valence-electron chi connectivity index (χ1n) is 8.94. The quantitative estimate of drug-likeness (QED) is 0.368. The zero-order valence-corrected chi connectivity index (χ0v) is 15.5. The van der Waals surface area contributed by atoms with Crippen LogP contribution in [0.5, 0.6) is 0 Å². The maximum absolute atomic E-state index is 12.8. The number of likely N-dealkylation sites (tertiary alicyclic amines) is 1. The third-order valence-corrected chi connectivity index (χ3v) is 4.73. The second-order valence-electron chi connectivity index (χ2n) is 6.62.